The van der Waals surface area contributed by atoms with Crippen LogP contribution in [0, 0.1) is 0 Å². The molecule has 0 saturated carbocycles. The van der Waals surface area contributed by atoms with Crippen molar-refractivity contribution in [2.24, 2.45) is 0 Å². The summed E-state index contributed by atoms with van der Waals surface area (Å²) in [5.74, 6) is 0.687. The van der Waals surface area contributed by atoms with Crippen LogP contribution in [0.25, 0.3) is 10.8 Å². The van der Waals surface area contributed by atoms with Crippen molar-refractivity contribution in [3.05, 3.63) is 36.4 Å². The number of benzene rings is 2. The van der Waals surface area contributed by atoms with Gasteiger partial charge in [0, 0.05) is 16.8 Å². The third-order valence-electron chi connectivity index (χ3n) is 3.92. The van der Waals surface area contributed by atoms with Crippen LogP contribution in [0.1, 0.15) is 33.1 Å². The number of ether oxygens (including phenoxy) is 1. The van der Waals surface area contributed by atoms with E-state index >= 15 is 0 Å². The van der Waals surface area contributed by atoms with E-state index in [1.54, 1.807) is 24.3 Å². The van der Waals surface area contributed by atoms with Crippen molar-refractivity contribution in [3.8, 4) is 5.75 Å². The van der Waals surface area contributed by atoms with E-state index < -0.39 is 16.1 Å². The number of aliphatic hydroxyl groups is 1. The van der Waals surface area contributed by atoms with Crippen molar-refractivity contribution in [1.29, 1.82) is 0 Å². The van der Waals surface area contributed by atoms with Gasteiger partial charge in [0.25, 0.3) is 0 Å². The van der Waals surface area contributed by atoms with E-state index in [-0.39, 0.29) is 11.5 Å². The lowest BCUT2D eigenvalue weighted by atomic mass is 10.1. The molecule has 0 aliphatic heterocycles. The van der Waals surface area contributed by atoms with Gasteiger partial charge < -0.3 is 9.84 Å². The second kappa shape index (κ2) is 8.46. The zero-order valence-electron chi connectivity index (χ0n) is 14.2. The molecule has 0 radical (unpaired) electrons. The summed E-state index contributed by atoms with van der Waals surface area (Å²) >= 11 is 0. The molecule has 0 fully saturated rings. The molecule has 0 heterocycles. The van der Waals surface area contributed by atoms with E-state index in [1.165, 1.54) is 0 Å². The van der Waals surface area contributed by atoms with Gasteiger partial charge in [0.2, 0.25) is 10.0 Å². The Balaban J connectivity index is 2.43. The predicted molar refractivity (Wildman–Crippen MR) is 95.8 cm³/mol. The second-order valence-electron chi connectivity index (χ2n) is 5.72. The lowest BCUT2D eigenvalue weighted by molar-refractivity contribution is 0.254. The van der Waals surface area contributed by atoms with Gasteiger partial charge in [-0.25, -0.2) is 13.1 Å². The molecular weight excluding hydrogens is 326 g/mol. The molecule has 6 heteroatoms. The predicted octanol–water partition coefficient (Wildman–Crippen LogP) is 3.07. The van der Waals surface area contributed by atoms with Crippen molar-refractivity contribution in [3.63, 3.8) is 0 Å². The van der Waals surface area contributed by atoms with Gasteiger partial charge in [0.1, 0.15) is 5.75 Å². The normalized spacial score (nSPS) is 13.1. The van der Waals surface area contributed by atoms with Gasteiger partial charge >= 0.3 is 0 Å². The van der Waals surface area contributed by atoms with E-state index in [0.29, 0.717) is 24.2 Å². The molecule has 0 aliphatic rings. The first-order chi connectivity index (χ1) is 11.5. The Morgan fingerprint density at radius 2 is 1.83 bits per heavy atom. The summed E-state index contributed by atoms with van der Waals surface area (Å²) in [6.07, 6.45) is 2.50. The highest BCUT2D eigenvalue weighted by Gasteiger charge is 2.22. The molecule has 2 aromatic rings. The van der Waals surface area contributed by atoms with Gasteiger partial charge in [-0.15, -0.1) is 0 Å². The summed E-state index contributed by atoms with van der Waals surface area (Å²) in [7, 11) is -3.72. The van der Waals surface area contributed by atoms with Crippen LogP contribution in [0.4, 0.5) is 0 Å². The molecule has 2 N–H and O–H groups in total. The van der Waals surface area contributed by atoms with Crippen molar-refractivity contribution < 1.29 is 18.3 Å². The average molecular weight is 351 g/mol. The van der Waals surface area contributed by atoms with Gasteiger partial charge in [-0.3, -0.25) is 0 Å². The SMILES string of the molecule is CCCCOc1ccc(S(=O)(=O)N[C@H](CC)CO)c2ccccc12. The largest absolute Gasteiger partial charge is 0.493 e. The summed E-state index contributed by atoms with van der Waals surface area (Å²) in [5.41, 5.74) is 0. The molecule has 132 valence electrons. The zero-order valence-corrected chi connectivity index (χ0v) is 15.0. The topological polar surface area (TPSA) is 75.6 Å². The van der Waals surface area contributed by atoms with Crippen LogP contribution >= 0.6 is 0 Å². The number of hydrogen-bond acceptors (Lipinski definition) is 4. The Labute approximate surface area is 143 Å². The highest BCUT2D eigenvalue weighted by molar-refractivity contribution is 7.89. The maximum atomic E-state index is 12.7. The quantitative estimate of drug-likeness (QED) is 0.681. The van der Waals surface area contributed by atoms with Crippen LogP contribution in [0.3, 0.4) is 0 Å². The first-order valence-corrected chi connectivity index (χ1v) is 9.79. The maximum Gasteiger partial charge on any atom is 0.241 e. The fourth-order valence-electron chi connectivity index (χ4n) is 2.46. The average Bonchev–Trinajstić information content (AvgIpc) is 2.59. The summed E-state index contributed by atoms with van der Waals surface area (Å²) < 4.78 is 33.7. The van der Waals surface area contributed by atoms with Crippen LogP contribution in [0.2, 0.25) is 0 Å². The first-order valence-electron chi connectivity index (χ1n) is 8.31. The van der Waals surface area contributed by atoms with Crippen LogP contribution in [0.15, 0.2) is 41.3 Å². The minimum atomic E-state index is -3.72. The van der Waals surface area contributed by atoms with E-state index in [4.69, 9.17) is 4.74 Å². The molecule has 5 nitrogen and oxygen atoms in total. The number of fused-ring (bicyclic) bond motifs is 1. The fraction of sp³-hybridized carbons (Fsp3) is 0.444. The third-order valence-corrected chi connectivity index (χ3v) is 5.50. The van der Waals surface area contributed by atoms with Gasteiger partial charge in [-0.05, 0) is 25.0 Å². The molecular formula is C18H25NO4S. The Morgan fingerprint density at radius 3 is 2.46 bits per heavy atom. The van der Waals surface area contributed by atoms with Gasteiger partial charge in [0.15, 0.2) is 0 Å². The first kappa shape index (κ1) is 18.7. The molecule has 24 heavy (non-hydrogen) atoms. The van der Waals surface area contributed by atoms with Gasteiger partial charge in [-0.2, -0.15) is 0 Å². The number of unbranched alkanes of at least 4 members (excludes halogenated alkanes) is 1. The molecule has 0 aliphatic carbocycles. The van der Waals surface area contributed by atoms with E-state index in [2.05, 4.69) is 11.6 Å². The molecule has 0 spiro atoms. The zero-order chi connectivity index (χ0) is 17.6. The minimum absolute atomic E-state index is 0.202. The molecule has 0 saturated heterocycles. The Morgan fingerprint density at radius 1 is 1.12 bits per heavy atom. The number of nitrogens with one attached hydrogen (secondary N) is 1. The van der Waals surface area contributed by atoms with Crippen LogP contribution in [-0.2, 0) is 10.0 Å². The minimum Gasteiger partial charge on any atom is -0.493 e. The Hall–Kier alpha value is -1.63. The lowest BCUT2D eigenvalue weighted by Crippen LogP contribution is -2.36. The molecule has 0 aromatic heterocycles. The smallest absolute Gasteiger partial charge is 0.241 e. The number of sulfonamides is 1. The molecule has 2 aromatic carbocycles. The standard InChI is InChI=1S/C18H25NO4S/c1-3-5-12-23-17-10-11-18(16-9-7-6-8-15(16)17)24(21,22)19-14(4-2)13-20/h6-11,14,19-20H,3-5,12-13H2,1-2H3/t14-/m1/s1. The van der Waals surface area contributed by atoms with E-state index in [1.807, 2.05) is 19.1 Å². The number of aliphatic hydroxyl groups excluding tert-OH is 1. The highest BCUT2D eigenvalue weighted by Crippen LogP contribution is 2.31. The maximum absolute atomic E-state index is 12.7. The highest BCUT2D eigenvalue weighted by atomic mass is 32.2. The van der Waals surface area contributed by atoms with Crippen LogP contribution in [0.5, 0.6) is 5.75 Å². The molecule has 0 amide bonds. The molecule has 1 atom stereocenters. The van der Waals surface area contributed by atoms with E-state index in [0.717, 1.165) is 18.2 Å². The lowest BCUT2D eigenvalue weighted by Gasteiger charge is -2.17. The fourth-order valence-corrected chi connectivity index (χ4v) is 3.98. The van der Waals surface area contributed by atoms with Crippen molar-refractivity contribution in [1.82, 2.24) is 4.72 Å². The summed E-state index contributed by atoms with van der Waals surface area (Å²) in [6, 6.07) is 10.1. The van der Waals surface area contributed by atoms with E-state index in [9.17, 15) is 13.5 Å². The van der Waals surface area contributed by atoms with Crippen molar-refractivity contribution >= 4 is 20.8 Å². The van der Waals surface area contributed by atoms with Gasteiger partial charge in [0.05, 0.1) is 18.1 Å². The molecule has 0 unspecified atom stereocenters. The van der Waals surface area contributed by atoms with Crippen molar-refractivity contribution in [2.45, 2.75) is 44.0 Å². The van der Waals surface area contributed by atoms with Crippen LogP contribution < -0.4 is 9.46 Å². The summed E-state index contributed by atoms with van der Waals surface area (Å²) in [5, 5.41) is 10.7. The Kier molecular flexibility index (Phi) is 6.60. The Bertz CT molecular complexity index is 770. The second-order valence-corrected chi connectivity index (χ2v) is 7.40. The molecule has 2 rings (SSSR count). The van der Waals surface area contributed by atoms with Crippen LogP contribution in [-0.4, -0.2) is 32.8 Å². The summed E-state index contributed by atoms with van der Waals surface area (Å²) in [4.78, 5) is 0.202. The number of rotatable bonds is 9. The van der Waals surface area contributed by atoms with Crippen molar-refractivity contribution in [2.75, 3.05) is 13.2 Å². The van der Waals surface area contributed by atoms with Gasteiger partial charge in [-0.1, -0.05) is 44.5 Å². The monoisotopic (exact) mass is 351 g/mol. The summed E-state index contributed by atoms with van der Waals surface area (Å²) in [6.45, 7) is 4.29. The molecule has 0 bridgehead atoms. The number of hydrogen-bond donors (Lipinski definition) is 2. The third kappa shape index (κ3) is 4.26.